The van der Waals surface area contributed by atoms with Crippen LogP contribution in [0.4, 0.5) is 0 Å². The fraction of sp³-hybridized carbons (Fsp3) is 0.800. The average Bonchev–Trinajstić information content (AvgIpc) is 3.37. The predicted molar refractivity (Wildman–Crippen MR) is 83.7 cm³/mol. The van der Waals surface area contributed by atoms with Crippen LogP contribution < -0.4 is 0 Å². The fourth-order valence-corrected chi connectivity index (χ4v) is 3.86. The molecule has 0 bridgehead atoms. The van der Waals surface area contributed by atoms with Crippen LogP contribution in [0.3, 0.4) is 0 Å². The summed E-state index contributed by atoms with van der Waals surface area (Å²) in [7, 11) is 4.23. The Kier molecular flexibility index (Phi) is 5.25. The van der Waals surface area contributed by atoms with Crippen LogP contribution in [0, 0.1) is 11.8 Å². The zero-order valence-corrected chi connectivity index (χ0v) is 15.4. The highest BCUT2D eigenvalue weighted by Gasteiger charge is 2.70. The summed E-state index contributed by atoms with van der Waals surface area (Å²) >= 11 is 3.30. The maximum atomic E-state index is 11.7. The lowest BCUT2D eigenvalue weighted by Gasteiger charge is -2.41. The number of methoxy groups -OCH3 is 3. The number of epoxide rings is 1. The second-order valence-corrected chi connectivity index (χ2v) is 6.89. The number of hydrogen-bond donors (Lipinski definition) is 2. The Bertz CT molecular complexity index is 504. The minimum Gasteiger partial charge on any atom is -0.469 e. The summed E-state index contributed by atoms with van der Waals surface area (Å²) in [5.41, 5.74) is -1.69. The van der Waals surface area contributed by atoms with Gasteiger partial charge in [0.05, 0.1) is 19.1 Å². The third-order valence-electron chi connectivity index (χ3n) is 4.98. The molecule has 2 N–H and O–H groups in total. The summed E-state index contributed by atoms with van der Waals surface area (Å²) in [6.45, 7) is 3.32. The monoisotopic (exact) mass is 394 g/mol. The molecule has 8 heteroatoms. The Balaban J connectivity index is 2.31. The molecule has 0 spiro atoms. The molecular weight excluding hydrogens is 372 g/mol. The lowest BCUT2D eigenvalue weighted by atomic mass is 9.75. The van der Waals surface area contributed by atoms with Gasteiger partial charge in [-0.3, -0.25) is 4.79 Å². The van der Waals surface area contributed by atoms with Gasteiger partial charge in [-0.25, -0.2) is 0 Å². The molecule has 0 aromatic carbocycles. The van der Waals surface area contributed by atoms with Crippen molar-refractivity contribution in [3.8, 4) is 0 Å². The van der Waals surface area contributed by atoms with Gasteiger partial charge in [0.1, 0.15) is 12.2 Å². The first kappa shape index (κ1) is 18.8. The highest BCUT2D eigenvalue weighted by atomic mass is 79.9. The zero-order valence-electron chi connectivity index (χ0n) is 13.8. The van der Waals surface area contributed by atoms with Crippen LogP contribution in [0.2, 0.25) is 0 Å². The van der Waals surface area contributed by atoms with E-state index in [0.29, 0.717) is 4.48 Å². The molecule has 1 heterocycles. The molecule has 2 rings (SSSR count). The highest BCUT2D eigenvalue weighted by molar-refractivity contribution is 9.11. The van der Waals surface area contributed by atoms with Gasteiger partial charge >= 0.3 is 5.97 Å². The van der Waals surface area contributed by atoms with Gasteiger partial charge in [-0.1, -0.05) is 29.8 Å². The lowest BCUT2D eigenvalue weighted by Crippen LogP contribution is -2.58. The number of rotatable bonds is 6. The first-order chi connectivity index (χ1) is 10.7. The van der Waals surface area contributed by atoms with Crippen molar-refractivity contribution in [2.75, 3.05) is 21.3 Å². The molecule has 1 aliphatic carbocycles. The Morgan fingerprint density at radius 3 is 2.35 bits per heavy atom. The normalized spacial score (nSPS) is 35.6. The molecule has 6 atom stereocenters. The van der Waals surface area contributed by atoms with Crippen molar-refractivity contribution in [2.24, 2.45) is 11.8 Å². The molecule has 1 saturated heterocycles. The van der Waals surface area contributed by atoms with Gasteiger partial charge in [-0.05, 0) is 12.0 Å². The van der Waals surface area contributed by atoms with Gasteiger partial charge in [0.15, 0.2) is 5.60 Å². The standard InChI is InChI=1S/C15H23BrO7/c1-7(8(2)13(18)20-3)10(17)15(19)9(16)6-14(21-4,22-5)11-12(15)23-11/h6-8,10-12,17,19H,1-5H3/t7-,8+,10+,11+,12-,15+/m1/s1. The van der Waals surface area contributed by atoms with Crippen molar-refractivity contribution in [3.63, 3.8) is 0 Å². The molecule has 0 aromatic rings. The van der Waals surface area contributed by atoms with Gasteiger partial charge in [0, 0.05) is 18.7 Å². The van der Waals surface area contributed by atoms with E-state index in [9.17, 15) is 15.0 Å². The summed E-state index contributed by atoms with van der Waals surface area (Å²) in [4.78, 5) is 11.7. The molecule has 0 radical (unpaired) electrons. The molecule has 132 valence electrons. The van der Waals surface area contributed by atoms with E-state index in [2.05, 4.69) is 15.9 Å². The third kappa shape index (κ3) is 2.75. The van der Waals surface area contributed by atoms with Gasteiger partial charge in [0.25, 0.3) is 0 Å². The number of esters is 1. The quantitative estimate of drug-likeness (QED) is 0.386. The van der Waals surface area contributed by atoms with Crippen molar-refractivity contribution in [2.45, 2.75) is 43.5 Å². The Morgan fingerprint density at radius 1 is 1.30 bits per heavy atom. The van der Waals surface area contributed by atoms with Crippen LogP contribution in [0.15, 0.2) is 10.6 Å². The summed E-state index contributed by atoms with van der Waals surface area (Å²) in [5.74, 6) is -2.72. The van der Waals surface area contributed by atoms with Crippen LogP contribution >= 0.6 is 15.9 Å². The molecule has 2 aliphatic rings. The van der Waals surface area contributed by atoms with E-state index in [1.165, 1.54) is 21.3 Å². The number of ether oxygens (including phenoxy) is 4. The van der Waals surface area contributed by atoms with Gasteiger partial charge < -0.3 is 29.2 Å². The number of carbonyl (C=O) groups excluding carboxylic acids is 1. The van der Waals surface area contributed by atoms with Crippen LogP contribution in [0.25, 0.3) is 0 Å². The summed E-state index contributed by atoms with van der Waals surface area (Å²) in [6, 6.07) is 0. The van der Waals surface area contributed by atoms with E-state index in [-0.39, 0.29) is 0 Å². The molecule has 1 aliphatic heterocycles. The first-order valence-corrected chi connectivity index (χ1v) is 8.11. The topological polar surface area (TPSA) is 97.8 Å². The second-order valence-electron chi connectivity index (χ2n) is 6.04. The SMILES string of the molecule is COC(=O)[C@@H](C)[C@@H](C)[C@H](O)[C@@]1(O)C(Br)=CC(OC)(OC)[C@H]2O[C@H]21. The molecule has 0 amide bonds. The summed E-state index contributed by atoms with van der Waals surface area (Å²) in [6.07, 6.45) is -0.952. The van der Waals surface area contributed by atoms with Crippen LogP contribution in [0.1, 0.15) is 13.8 Å². The Hall–Kier alpha value is -0.510. The largest absolute Gasteiger partial charge is 0.469 e. The fourth-order valence-electron chi connectivity index (χ4n) is 3.08. The molecule has 0 aromatic heterocycles. The van der Waals surface area contributed by atoms with Gasteiger partial charge in [0.2, 0.25) is 5.79 Å². The molecule has 0 unspecified atom stereocenters. The van der Waals surface area contributed by atoms with Crippen molar-refractivity contribution in [3.05, 3.63) is 10.6 Å². The van der Waals surface area contributed by atoms with E-state index < -0.39 is 47.5 Å². The van der Waals surface area contributed by atoms with E-state index in [4.69, 9.17) is 18.9 Å². The molecular formula is C15H23BrO7. The molecule has 23 heavy (non-hydrogen) atoms. The second kappa shape index (κ2) is 6.42. The molecule has 1 fully saturated rings. The summed E-state index contributed by atoms with van der Waals surface area (Å²) < 4.78 is 21.3. The van der Waals surface area contributed by atoms with E-state index in [1.807, 2.05) is 0 Å². The van der Waals surface area contributed by atoms with Gasteiger partial charge in [-0.2, -0.15) is 0 Å². The van der Waals surface area contributed by atoms with Crippen LogP contribution in [-0.2, 0) is 23.7 Å². The van der Waals surface area contributed by atoms with E-state index in [1.54, 1.807) is 19.9 Å². The van der Waals surface area contributed by atoms with Crippen molar-refractivity contribution >= 4 is 21.9 Å². The van der Waals surface area contributed by atoms with Crippen LogP contribution in [-0.4, -0.2) is 67.2 Å². The molecule has 0 saturated carbocycles. The number of fused-ring (bicyclic) bond motifs is 1. The number of carbonyl (C=O) groups is 1. The highest BCUT2D eigenvalue weighted by Crippen LogP contribution is 2.53. The minimum absolute atomic E-state index is 0.295. The number of halogens is 1. The van der Waals surface area contributed by atoms with Crippen molar-refractivity contribution in [1.82, 2.24) is 0 Å². The smallest absolute Gasteiger partial charge is 0.308 e. The minimum atomic E-state index is -1.69. The zero-order chi connectivity index (χ0) is 17.6. The first-order valence-electron chi connectivity index (χ1n) is 7.32. The van der Waals surface area contributed by atoms with E-state index in [0.717, 1.165) is 0 Å². The number of aliphatic hydroxyl groups excluding tert-OH is 1. The number of hydrogen-bond acceptors (Lipinski definition) is 7. The van der Waals surface area contributed by atoms with Gasteiger partial charge in [-0.15, -0.1) is 0 Å². The Morgan fingerprint density at radius 2 is 1.87 bits per heavy atom. The van der Waals surface area contributed by atoms with Crippen LogP contribution in [0.5, 0.6) is 0 Å². The number of aliphatic hydroxyl groups is 2. The maximum Gasteiger partial charge on any atom is 0.308 e. The predicted octanol–water partition coefficient (Wildman–Crippen LogP) is 0.572. The third-order valence-corrected chi connectivity index (χ3v) is 5.85. The maximum absolute atomic E-state index is 11.7. The lowest BCUT2D eigenvalue weighted by molar-refractivity contribution is -0.188. The average molecular weight is 395 g/mol. The van der Waals surface area contributed by atoms with Crippen molar-refractivity contribution in [1.29, 1.82) is 0 Å². The van der Waals surface area contributed by atoms with Crippen molar-refractivity contribution < 1.29 is 34.0 Å². The van der Waals surface area contributed by atoms with E-state index >= 15 is 0 Å². The molecule has 7 nitrogen and oxygen atoms in total. The Labute approximate surface area is 143 Å². The summed E-state index contributed by atoms with van der Waals surface area (Å²) in [5, 5.41) is 21.8.